The molecule has 1 N–H and O–H groups in total. The second kappa shape index (κ2) is 9.73. The summed E-state index contributed by atoms with van der Waals surface area (Å²) in [4.78, 5) is 31.9. The lowest BCUT2D eigenvalue weighted by Crippen LogP contribution is -2.47. The Hall–Kier alpha value is -3.63. The van der Waals surface area contributed by atoms with Crippen molar-refractivity contribution in [2.24, 2.45) is 7.05 Å². The molecule has 1 saturated carbocycles. The average Bonchev–Trinajstić information content (AvgIpc) is 3.52. The third kappa shape index (κ3) is 4.35. The number of imidazole rings is 1. The maximum absolute atomic E-state index is 14.8. The Bertz CT molecular complexity index is 1700. The number of halogens is 3. The van der Waals surface area contributed by atoms with Crippen LogP contribution in [0.25, 0.3) is 22.3 Å². The van der Waals surface area contributed by atoms with Crippen LogP contribution < -0.4 is 4.90 Å². The number of aromatic carboxylic acids is 1. The number of fused-ring (bicyclic) bond motifs is 3. The van der Waals surface area contributed by atoms with Gasteiger partial charge in [0.1, 0.15) is 22.9 Å². The average molecular weight is 599 g/mol. The Morgan fingerprint density at radius 2 is 1.78 bits per heavy atom. The van der Waals surface area contributed by atoms with E-state index in [0.29, 0.717) is 45.7 Å². The van der Waals surface area contributed by atoms with Crippen molar-refractivity contribution in [3.63, 3.8) is 0 Å². The number of hydrogen-bond donors (Lipinski definition) is 1. The fraction of sp³-hybridized carbons (Fsp3) is 0.379. The number of carboxylic acids is 1. The maximum atomic E-state index is 14.8. The van der Waals surface area contributed by atoms with E-state index in [0.717, 1.165) is 31.7 Å². The van der Waals surface area contributed by atoms with Crippen molar-refractivity contribution in [3.8, 4) is 11.3 Å². The summed E-state index contributed by atoms with van der Waals surface area (Å²) in [5.74, 6) is -1.20. The number of carboxylic acid groups (broad SMARTS) is 1. The maximum Gasteiger partial charge on any atom is 0.344 e. The first kappa shape index (κ1) is 26.3. The highest BCUT2D eigenvalue weighted by Gasteiger charge is 2.45. The number of aryl methyl sites for hydroxylation is 1. The zero-order valence-electron chi connectivity index (χ0n) is 21.9. The van der Waals surface area contributed by atoms with E-state index in [1.54, 1.807) is 29.8 Å². The fourth-order valence-corrected chi connectivity index (χ4v) is 6.94. The van der Waals surface area contributed by atoms with Crippen LogP contribution in [0.3, 0.4) is 0 Å². The first-order valence-corrected chi connectivity index (χ1v) is 14.3. The number of carbonyl (C=O) groups is 2. The van der Waals surface area contributed by atoms with E-state index in [1.165, 1.54) is 6.07 Å². The number of aromatic nitrogens is 3. The van der Waals surface area contributed by atoms with Gasteiger partial charge in [0.2, 0.25) is 5.95 Å². The van der Waals surface area contributed by atoms with Gasteiger partial charge >= 0.3 is 11.9 Å². The summed E-state index contributed by atoms with van der Waals surface area (Å²) in [6, 6.07) is 7.57. The molecule has 4 aromatic rings. The van der Waals surface area contributed by atoms with Gasteiger partial charge in [-0.05, 0) is 49.9 Å². The van der Waals surface area contributed by atoms with Gasteiger partial charge in [-0.1, -0.05) is 34.4 Å². The zero-order valence-corrected chi connectivity index (χ0v) is 23.5. The summed E-state index contributed by atoms with van der Waals surface area (Å²) >= 11 is 12.9. The van der Waals surface area contributed by atoms with Crippen LogP contribution in [0.5, 0.6) is 0 Å². The molecule has 0 unspecified atom stereocenters. The second-order valence-corrected chi connectivity index (χ2v) is 11.8. The molecule has 2 aromatic heterocycles. The van der Waals surface area contributed by atoms with Gasteiger partial charge in [0, 0.05) is 43.5 Å². The molecule has 0 radical (unpaired) electrons. The van der Waals surface area contributed by atoms with Crippen molar-refractivity contribution in [1.29, 1.82) is 0 Å². The first-order chi connectivity index (χ1) is 19.7. The number of ether oxygens (including phenoxy) is 1. The minimum atomic E-state index is -1.20. The molecule has 2 bridgehead atoms. The van der Waals surface area contributed by atoms with E-state index in [9.17, 15) is 19.1 Å². The molecule has 2 aromatic carbocycles. The lowest BCUT2D eigenvalue weighted by Gasteiger charge is -2.39. The van der Waals surface area contributed by atoms with Gasteiger partial charge in [-0.3, -0.25) is 0 Å². The summed E-state index contributed by atoms with van der Waals surface area (Å²) < 4.78 is 28.3. The van der Waals surface area contributed by atoms with Crippen molar-refractivity contribution in [2.45, 2.75) is 62.6 Å². The highest BCUT2D eigenvalue weighted by atomic mass is 35.5. The zero-order chi connectivity index (χ0) is 28.6. The molecule has 0 amide bonds. The van der Waals surface area contributed by atoms with Crippen molar-refractivity contribution < 1.29 is 28.3 Å². The number of esters is 1. The number of piperidine rings is 1. The summed E-state index contributed by atoms with van der Waals surface area (Å²) in [7, 11) is 1.76. The van der Waals surface area contributed by atoms with Crippen LogP contribution in [0.4, 0.5) is 10.3 Å². The Morgan fingerprint density at radius 3 is 2.41 bits per heavy atom. The third-order valence-corrected chi connectivity index (χ3v) is 9.06. The smallest absolute Gasteiger partial charge is 0.344 e. The highest BCUT2D eigenvalue weighted by molar-refractivity contribution is 6.39. The lowest BCUT2D eigenvalue weighted by atomic mass is 9.99. The minimum Gasteiger partial charge on any atom is -0.478 e. The van der Waals surface area contributed by atoms with Gasteiger partial charge < -0.3 is 23.8 Å². The number of carbonyl (C=O) groups excluding carboxylic acids is 1. The van der Waals surface area contributed by atoms with E-state index in [-0.39, 0.29) is 46.4 Å². The fourth-order valence-electron chi connectivity index (χ4n) is 6.37. The van der Waals surface area contributed by atoms with Gasteiger partial charge in [-0.2, -0.15) is 0 Å². The standard InChI is InChI=1S/C29H25Cl2FN4O5/c1-35-21-10-14(27(37)38)9-20(32)24(21)33-29(35)36-15-7-8-16(36)12-17(11-15)40-28(39)23-25(34-41-26(23)13-5-6-13)22-18(30)3-2-4-19(22)31/h2-4,9-10,13,15-17H,5-8,11-12H2,1H3,(H,37,38)/t15-,16+,17-. The first-order valence-electron chi connectivity index (χ1n) is 13.5. The van der Waals surface area contributed by atoms with Gasteiger partial charge in [-0.25, -0.2) is 19.0 Å². The highest BCUT2D eigenvalue weighted by Crippen LogP contribution is 2.47. The molecule has 3 atom stereocenters. The predicted octanol–water partition coefficient (Wildman–Crippen LogP) is 6.61. The van der Waals surface area contributed by atoms with Gasteiger partial charge in [0.05, 0.1) is 21.1 Å². The topological polar surface area (TPSA) is 111 Å². The van der Waals surface area contributed by atoms with Crippen LogP contribution in [0.2, 0.25) is 10.0 Å². The second-order valence-electron chi connectivity index (χ2n) is 11.0. The van der Waals surface area contributed by atoms with Gasteiger partial charge in [-0.15, -0.1) is 0 Å². The van der Waals surface area contributed by atoms with Crippen LogP contribution in [-0.4, -0.2) is 49.9 Å². The van der Waals surface area contributed by atoms with E-state index in [2.05, 4.69) is 15.0 Å². The molecule has 12 heteroatoms. The molecule has 2 aliphatic heterocycles. The lowest BCUT2D eigenvalue weighted by molar-refractivity contribution is 0.0201. The largest absolute Gasteiger partial charge is 0.478 e. The molecule has 41 heavy (non-hydrogen) atoms. The van der Waals surface area contributed by atoms with Crippen molar-refractivity contribution in [2.75, 3.05) is 4.90 Å². The van der Waals surface area contributed by atoms with Crippen LogP contribution in [0.15, 0.2) is 34.9 Å². The Morgan fingerprint density at radius 1 is 1.10 bits per heavy atom. The normalized spacial score (nSPS) is 22.0. The third-order valence-electron chi connectivity index (χ3n) is 8.43. The summed E-state index contributed by atoms with van der Waals surface area (Å²) in [5, 5.41) is 14.3. The Labute approximate surface area is 243 Å². The van der Waals surface area contributed by atoms with Crippen molar-refractivity contribution in [1.82, 2.24) is 14.7 Å². The van der Waals surface area contributed by atoms with Crippen LogP contribution >= 0.6 is 23.2 Å². The molecule has 212 valence electrons. The molecular formula is C29H25Cl2FN4O5. The van der Waals surface area contributed by atoms with Crippen molar-refractivity contribution in [3.05, 3.63) is 63.1 Å². The number of benzene rings is 2. The number of rotatable bonds is 6. The molecule has 0 spiro atoms. The molecule has 4 heterocycles. The monoisotopic (exact) mass is 598 g/mol. The molecule has 1 aliphatic carbocycles. The molecule has 9 nitrogen and oxygen atoms in total. The quantitative estimate of drug-likeness (QED) is 0.247. The summed E-state index contributed by atoms with van der Waals surface area (Å²) in [6.07, 6.45) is 4.33. The summed E-state index contributed by atoms with van der Waals surface area (Å²) in [5.41, 5.74) is 1.42. The Balaban J connectivity index is 1.16. The number of nitrogens with zero attached hydrogens (tertiary/aromatic N) is 4. The SMILES string of the molecule is Cn1c(N2[C@@H]3CC[C@H]2C[C@H](OC(=O)c2c(-c4c(Cl)cccc4Cl)noc2C2CC2)C3)nc2c(F)cc(C(=O)O)cc21. The van der Waals surface area contributed by atoms with Crippen molar-refractivity contribution >= 4 is 52.1 Å². The van der Waals surface area contributed by atoms with Gasteiger partial charge in [0.25, 0.3) is 0 Å². The molecule has 3 aliphatic rings. The van der Waals surface area contributed by atoms with E-state index in [4.69, 9.17) is 32.5 Å². The molecular weight excluding hydrogens is 574 g/mol. The number of hydrogen-bond acceptors (Lipinski definition) is 7. The minimum absolute atomic E-state index is 0.0203. The van der Waals surface area contributed by atoms with E-state index in [1.807, 2.05) is 0 Å². The van der Waals surface area contributed by atoms with Gasteiger partial charge in [0.15, 0.2) is 11.6 Å². The number of anilines is 1. The molecule has 7 rings (SSSR count). The van der Waals surface area contributed by atoms with E-state index < -0.39 is 17.8 Å². The predicted molar refractivity (Wildman–Crippen MR) is 149 cm³/mol. The van der Waals surface area contributed by atoms with Crippen LogP contribution in [0.1, 0.15) is 70.9 Å². The summed E-state index contributed by atoms with van der Waals surface area (Å²) in [6.45, 7) is 0. The van der Waals surface area contributed by atoms with E-state index >= 15 is 0 Å². The van der Waals surface area contributed by atoms with Crippen LogP contribution in [-0.2, 0) is 11.8 Å². The molecule has 3 fully saturated rings. The Kier molecular flexibility index (Phi) is 6.24. The molecule has 2 saturated heterocycles. The van der Waals surface area contributed by atoms with Crippen LogP contribution in [0, 0.1) is 5.82 Å².